The molecule has 22 heavy (non-hydrogen) atoms. The molecule has 1 aromatic rings. The largest absolute Gasteiger partial charge is 0.491 e. The van der Waals surface area contributed by atoms with E-state index in [-0.39, 0.29) is 12.2 Å². The Kier molecular flexibility index (Phi) is 5.29. The zero-order valence-corrected chi connectivity index (χ0v) is 13.5. The molecule has 0 aliphatic carbocycles. The summed E-state index contributed by atoms with van der Waals surface area (Å²) in [6.07, 6.45) is 0.690. The van der Waals surface area contributed by atoms with Crippen molar-refractivity contribution in [1.29, 1.82) is 0 Å². The van der Waals surface area contributed by atoms with Crippen molar-refractivity contribution in [2.45, 2.75) is 45.3 Å². The molecule has 0 atom stereocenters. The minimum atomic E-state index is -0.964. The lowest BCUT2D eigenvalue weighted by Crippen LogP contribution is -2.45. The summed E-state index contributed by atoms with van der Waals surface area (Å²) in [5.74, 6) is 0.713. The second-order valence-corrected chi connectivity index (χ2v) is 5.88. The van der Waals surface area contributed by atoms with Crippen LogP contribution in [0.5, 0.6) is 5.75 Å². The van der Waals surface area contributed by atoms with Gasteiger partial charge in [-0.3, -0.25) is 0 Å². The van der Waals surface area contributed by atoms with Crippen LogP contribution in [-0.2, 0) is 10.3 Å². The smallest absolute Gasteiger partial charge is 0.409 e. The monoisotopic (exact) mass is 307 g/mol. The van der Waals surface area contributed by atoms with Crippen molar-refractivity contribution in [3.8, 4) is 5.75 Å². The molecule has 1 saturated heterocycles. The Bertz CT molecular complexity index is 507. The van der Waals surface area contributed by atoms with E-state index in [1.807, 2.05) is 38.1 Å². The zero-order chi connectivity index (χ0) is 16.2. The number of para-hydroxylation sites is 1. The first kappa shape index (κ1) is 16.6. The van der Waals surface area contributed by atoms with Crippen LogP contribution in [0.2, 0.25) is 0 Å². The zero-order valence-electron chi connectivity index (χ0n) is 13.5. The molecule has 0 saturated carbocycles. The lowest BCUT2D eigenvalue weighted by Gasteiger charge is -2.38. The summed E-state index contributed by atoms with van der Waals surface area (Å²) in [5, 5.41) is 11.0. The SMILES string of the molecule is CCOC(=O)N1CCC(O)(c2ccccc2OC(C)C)CC1. The summed E-state index contributed by atoms with van der Waals surface area (Å²) < 4.78 is 10.8. The van der Waals surface area contributed by atoms with Crippen molar-refractivity contribution in [2.75, 3.05) is 19.7 Å². The second kappa shape index (κ2) is 7.01. The lowest BCUT2D eigenvalue weighted by atomic mass is 9.84. The molecule has 0 radical (unpaired) electrons. The molecule has 1 aromatic carbocycles. The molecule has 2 rings (SSSR count). The molecule has 0 bridgehead atoms. The average molecular weight is 307 g/mol. The van der Waals surface area contributed by atoms with Crippen molar-refractivity contribution in [1.82, 2.24) is 4.90 Å². The van der Waals surface area contributed by atoms with Crippen LogP contribution in [0.25, 0.3) is 0 Å². The number of hydrogen-bond donors (Lipinski definition) is 1. The highest BCUT2D eigenvalue weighted by Gasteiger charge is 2.37. The van der Waals surface area contributed by atoms with Crippen LogP contribution < -0.4 is 4.74 Å². The van der Waals surface area contributed by atoms with E-state index in [2.05, 4.69) is 0 Å². The van der Waals surface area contributed by atoms with Gasteiger partial charge in [0.2, 0.25) is 0 Å². The molecule has 1 amide bonds. The topological polar surface area (TPSA) is 59.0 Å². The van der Waals surface area contributed by atoms with Gasteiger partial charge in [0.1, 0.15) is 5.75 Å². The van der Waals surface area contributed by atoms with Gasteiger partial charge in [-0.25, -0.2) is 4.79 Å². The van der Waals surface area contributed by atoms with E-state index in [0.717, 1.165) is 5.56 Å². The van der Waals surface area contributed by atoms with Gasteiger partial charge in [0, 0.05) is 18.7 Å². The second-order valence-electron chi connectivity index (χ2n) is 5.88. The van der Waals surface area contributed by atoms with Gasteiger partial charge in [0.05, 0.1) is 18.3 Å². The summed E-state index contributed by atoms with van der Waals surface area (Å²) in [5.41, 5.74) is -0.165. The minimum Gasteiger partial charge on any atom is -0.491 e. The number of carbonyl (C=O) groups is 1. The molecular formula is C17H25NO4. The fourth-order valence-electron chi connectivity index (χ4n) is 2.75. The molecule has 1 heterocycles. The first-order valence-corrected chi connectivity index (χ1v) is 7.86. The highest BCUT2D eigenvalue weighted by molar-refractivity contribution is 5.67. The van der Waals surface area contributed by atoms with Gasteiger partial charge in [0.15, 0.2) is 0 Å². The molecule has 1 aliphatic rings. The number of piperidine rings is 1. The predicted molar refractivity (Wildman–Crippen MR) is 83.9 cm³/mol. The van der Waals surface area contributed by atoms with Crippen LogP contribution in [0.15, 0.2) is 24.3 Å². The maximum absolute atomic E-state index is 11.8. The maximum Gasteiger partial charge on any atom is 0.409 e. The first-order chi connectivity index (χ1) is 10.5. The average Bonchev–Trinajstić information content (AvgIpc) is 2.48. The van der Waals surface area contributed by atoms with Gasteiger partial charge >= 0.3 is 6.09 Å². The molecule has 0 aromatic heterocycles. The third kappa shape index (κ3) is 3.71. The van der Waals surface area contributed by atoms with Crippen LogP contribution in [0.3, 0.4) is 0 Å². The van der Waals surface area contributed by atoms with E-state index in [1.54, 1.807) is 11.8 Å². The van der Waals surface area contributed by atoms with Crippen LogP contribution in [0.4, 0.5) is 4.79 Å². The van der Waals surface area contributed by atoms with E-state index in [4.69, 9.17) is 9.47 Å². The van der Waals surface area contributed by atoms with Crippen LogP contribution in [0.1, 0.15) is 39.2 Å². The molecule has 5 nitrogen and oxygen atoms in total. The van der Waals surface area contributed by atoms with E-state index >= 15 is 0 Å². The minimum absolute atomic E-state index is 0.0457. The molecule has 122 valence electrons. The molecular weight excluding hydrogens is 282 g/mol. The highest BCUT2D eigenvalue weighted by Crippen LogP contribution is 2.38. The van der Waals surface area contributed by atoms with E-state index in [9.17, 15) is 9.90 Å². The molecule has 0 spiro atoms. The predicted octanol–water partition coefficient (Wildman–Crippen LogP) is 2.91. The van der Waals surface area contributed by atoms with Crippen molar-refractivity contribution in [3.05, 3.63) is 29.8 Å². The number of likely N-dealkylation sites (tertiary alicyclic amines) is 1. The van der Waals surface area contributed by atoms with Gasteiger partial charge in [-0.15, -0.1) is 0 Å². The molecule has 1 N–H and O–H groups in total. The number of amides is 1. The summed E-state index contributed by atoms with van der Waals surface area (Å²) in [6.45, 7) is 7.04. The number of rotatable bonds is 4. The summed E-state index contributed by atoms with van der Waals surface area (Å²) in [4.78, 5) is 13.4. The van der Waals surface area contributed by atoms with Crippen LogP contribution >= 0.6 is 0 Å². The van der Waals surface area contributed by atoms with Gasteiger partial charge in [-0.05, 0) is 39.7 Å². The van der Waals surface area contributed by atoms with Gasteiger partial charge in [-0.2, -0.15) is 0 Å². The van der Waals surface area contributed by atoms with Gasteiger partial charge < -0.3 is 19.5 Å². The van der Waals surface area contributed by atoms with E-state index in [1.165, 1.54) is 0 Å². The Morgan fingerprint density at radius 2 is 1.95 bits per heavy atom. The Hall–Kier alpha value is -1.75. The number of ether oxygens (including phenoxy) is 2. The first-order valence-electron chi connectivity index (χ1n) is 7.86. The van der Waals surface area contributed by atoms with Gasteiger partial charge in [0.25, 0.3) is 0 Å². The van der Waals surface area contributed by atoms with Crippen molar-refractivity contribution in [3.63, 3.8) is 0 Å². The van der Waals surface area contributed by atoms with Crippen molar-refractivity contribution < 1.29 is 19.4 Å². The third-order valence-corrected chi connectivity index (χ3v) is 3.87. The van der Waals surface area contributed by atoms with Gasteiger partial charge in [-0.1, -0.05) is 18.2 Å². The number of hydrogen-bond acceptors (Lipinski definition) is 4. The lowest BCUT2D eigenvalue weighted by molar-refractivity contribution is -0.0265. The Morgan fingerprint density at radius 3 is 2.55 bits per heavy atom. The molecule has 0 unspecified atom stereocenters. The fraction of sp³-hybridized carbons (Fsp3) is 0.588. The molecule has 5 heteroatoms. The van der Waals surface area contributed by atoms with Crippen molar-refractivity contribution >= 4 is 6.09 Å². The standard InChI is InChI=1S/C17H25NO4/c1-4-21-16(19)18-11-9-17(20,10-12-18)14-7-5-6-8-15(14)22-13(2)3/h5-8,13,20H,4,9-12H2,1-3H3. The van der Waals surface area contributed by atoms with Crippen molar-refractivity contribution in [2.24, 2.45) is 0 Å². The number of aliphatic hydroxyl groups is 1. The summed E-state index contributed by atoms with van der Waals surface area (Å²) in [6, 6.07) is 7.58. The fourth-order valence-corrected chi connectivity index (χ4v) is 2.75. The quantitative estimate of drug-likeness (QED) is 0.929. The molecule has 1 fully saturated rings. The van der Waals surface area contributed by atoms with E-state index < -0.39 is 5.60 Å². The Morgan fingerprint density at radius 1 is 1.32 bits per heavy atom. The summed E-state index contributed by atoms with van der Waals surface area (Å²) in [7, 11) is 0. The number of carbonyl (C=O) groups excluding carboxylic acids is 1. The molecule has 1 aliphatic heterocycles. The highest BCUT2D eigenvalue weighted by atomic mass is 16.6. The van der Waals surface area contributed by atoms with Crippen LogP contribution in [0, 0.1) is 0 Å². The summed E-state index contributed by atoms with van der Waals surface area (Å²) >= 11 is 0. The number of benzene rings is 1. The Balaban J connectivity index is 2.12. The van der Waals surface area contributed by atoms with E-state index in [0.29, 0.717) is 38.3 Å². The van der Waals surface area contributed by atoms with Crippen LogP contribution in [-0.4, -0.2) is 41.9 Å². The number of nitrogens with zero attached hydrogens (tertiary/aromatic N) is 1. The normalized spacial score (nSPS) is 17.4. The third-order valence-electron chi connectivity index (χ3n) is 3.87. The maximum atomic E-state index is 11.8. The Labute approximate surface area is 131 Å².